The first-order chi connectivity index (χ1) is 26.5. The first-order valence-corrected chi connectivity index (χ1v) is 20.9. The van der Waals surface area contributed by atoms with Crippen LogP contribution in [0.3, 0.4) is 0 Å². The molecule has 0 amide bonds. The molecule has 1 fully saturated rings. The molecule has 0 spiro atoms. The second kappa shape index (κ2) is 22.2. The van der Waals surface area contributed by atoms with Crippen LogP contribution in [0.25, 0.3) is 22.4 Å². The number of halogens is 1. The molecule has 0 bridgehead atoms. The van der Waals surface area contributed by atoms with Crippen molar-refractivity contribution in [1.82, 2.24) is 24.3 Å². The van der Waals surface area contributed by atoms with Crippen LogP contribution in [0.1, 0.15) is 72.3 Å². The van der Waals surface area contributed by atoms with Gasteiger partial charge in [0.2, 0.25) is 0 Å². The maximum atomic E-state index is 6.62. The molecule has 1 aromatic heterocycles. The summed E-state index contributed by atoms with van der Waals surface area (Å²) in [6.07, 6.45) is 6.35. The van der Waals surface area contributed by atoms with Crippen LogP contribution in [0.4, 0.5) is 0 Å². The first kappa shape index (κ1) is 41.7. The fourth-order valence-electron chi connectivity index (χ4n) is 7.08. The maximum Gasteiger partial charge on any atom is 0.150 e. The maximum absolute atomic E-state index is 6.62. The standard InChI is InChI=1S/C44H64ClN5O4/c1-6-11-25-50-40-32-38(51-28-14-24-47(7-2)8-3)34-42(54-31-27-49-22-12-13-23-49)43(40)46-44(50)39-20-19-37(33-41(39)53-30-26-48(9-4)10-5)52-29-21-35-15-17-36(45)18-16-35/h15-20,32-34H,6-14,21-31H2,1-5H3. The number of ether oxygens (including phenoxy) is 4. The van der Waals surface area contributed by atoms with Crippen molar-refractivity contribution in [1.29, 1.82) is 0 Å². The lowest BCUT2D eigenvalue weighted by Gasteiger charge is -2.20. The van der Waals surface area contributed by atoms with Crippen LogP contribution in [0, 0.1) is 0 Å². The van der Waals surface area contributed by atoms with Gasteiger partial charge in [0.1, 0.15) is 41.8 Å². The summed E-state index contributed by atoms with van der Waals surface area (Å²) < 4.78 is 28.3. The van der Waals surface area contributed by atoms with E-state index in [1.807, 2.05) is 42.5 Å². The molecule has 0 saturated carbocycles. The van der Waals surface area contributed by atoms with Gasteiger partial charge in [-0.1, -0.05) is 64.8 Å². The predicted molar refractivity (Wildman–Crippen MR) is 223 cm³/mol. The van der Waals surface area contributed by atoms with Gasteiger partial charge in [-0.25, -0.2) is 4.98 Å². The molecule has 0 unspecified atom stereocenters. The average molecular weight is 762 g/mol. The summed E-state index contributed by atoms with van der Waals surface area (Å²) in [7, 11) is 0. The van der Waals surface area contributed by atoms with E-state index in [0.29, 0.717) is 26.4 Å². The van der Waals surface area contributed by atoms with E-state index in [4.69, 9.17) is 35.5 Å². The lowest BCUT2D eigenvalue weighted by atomic mass is 10.1. The van der Waals surface area contributed by atoms with Gasteiger partial charge in [-0.2, -0.15) is 0 Å². The number of likely N-dealkylation sites (N-methyl/N-ethyl adjacent to an activating group) is 1. The lowest BCUT2D eigenvalue weighted by Crippen LogP contribution is -2.28. The number of likely N-dealkylation sites (tertiary alicyclic amines) is 1. The van der Waals surface area contributed by atoms with Gasteiger partial charge in [-0.3, -0.25) is 4.90 Å². The third-order valence-electron chi connectivity index (χ3n) is 10.5. The minimum absolute atomic E-state index is 0.546. The number of aromatic nitrogens is 2. The highest BCUT2D eigenvalue weighted by atomic mass is 35.5. The van der Waals surface area contributed by atoms with Gasteiger partial charge in [0, 0.05) is 55.8 Å². The van der Waals surface area contributed by atoms with Gasteiger partial charge >= 0.3 is 0 Å². The Morgan fingerprint density at radius 2 is 1.35 bits per heavy atom. The summed E-state index contributed by atoms with van der Waals surface area (Å²) in [5.41, 5.74) is 4.00. The Morgan fingerprint density at radius 1 is 0.667 bits per heavy atom. The molecular formula is C44H64ClN5O4. The largest absolute Gasteiger partial charge is 0.493 e. The molecule has 0 radical (unpaired) electrons. The summed E-state index contributed by atoms with van der Waals surface area (Å²) in [4.78, 5) is 12.7. The average Bonchev–Trinajstić information content (AvgIpc) is 3.85. The molecule has 2 heterocycles. The molecule has 0 atom stereocenters. The fraction of sp³-hybridized carbons (Fsp3) is 0.568. The number of fused-ring (bicyclic) bond motifs is 1. The molecule has 296 valence electrons. The summed E-state index contributed by atoms with van der Waals surface area (Å²) >= 11 is 6.10. The molecular weight excluding hydrogens is 698 g/mol. The van der Waals surface area contributed by atoms with Crippen molar-refractivity contribution in [3.8, 4) is 34.4 Å². The van der Waals surface area contributed by atoms with Crippen LogP contribution in [-0.4, -0.2) is 110 Å². The molecule has 4 aromatic rings. The lowest BCUT2D eigenvalue weighted by molar-refractivity contribution is 0.222. The normalized spacial score (nSPS) is 13.4. The monoisotopic (exact) mass is 761 g/mol. The fourth-order valence-corrected chi connectivity index (χ4v) is 7.20. The number of aryl methyl sites for hydroxylation is 1. The van der Waals surface area contributed by atoms with Crippen LogP contribution < -0.4 is 18.9 Å². The van der Waals surface area contributed by atoms with Crippen LogP contribution in [-0.2, 0) is 13.0 Å². The Balaban J connectivity index is 1.48. The van der Waals surface area contributed by atoms with Gasteiger partial charge in [-0.15, -0.1) is 0 Å². The van der Waals surface area contributed by atoms with Crippen LogP contribution >= 0.6 is 11.6 Å². The van der Waals surface area contributed by atoms with Crippen LogP contribution in [0.15, 0.2) is 54.6 Å². The second-order valence-corrected chi connectivity index (χ2v) is 14.6. The van der Waals surface area contributed by atoms with Crippen LogP contribution in [0.5, 0.6) is 23.0 Å². The molecule has 1 aliphatic heterocycles. The zero-order valence-corrected chi connectivity index (χ0v) is 34.3. The Kier molecular flexibility index (Phi) is 17.1. The van der Waals surface area contributed by atoms with Gasteiger partial charge in [0.25, 0.3) is 0 Å². The molecule has 3 aromatic carbocycles. The minimum atomic E-state index is 0.546. The highest BCUT2D eigenvalue weighted by Crippen LogP contribution is 2.39. The van der Waals surface area contributed by atoms with Crippen molar-refractivity contribution in [3.63, 3.8) is 0 Å². The first-order valence-electron chi connectivity index (χ1n) is 20.6. The zero-order valence-electron chi connectivity index (χ0n) is 33.6. The van der Waals surface area contributed by atoms with E-state index >= 15 is 0 Å². The third kappa shape index (κ3) is 12.0. The summed E-state index contributed by atoms with van der Waals surface area (Å²) in [6, 6.07) is 18.3. The quantitative estimate of drug-likeness (QED) is 0.0621. The van der Waals surface area contributed by atoms with Gasteiger partial charge in [-0.05, 0) is 94.8 Å². The van der Waals surface area contributed by atoms with E-state index in [1.54, 1.807) is 0 Å². The highest BCUT2D eigenvalue weighted by Gasteiger charge is 2.22. The molecule has 0 N–H and O–H groups in total. The third-order valence-corrected chi connectivity index (χ3v) is 10.8. The molecule has 9 nitrogen and oxygen atoms in total. The highest BCUT2D eigenvalue weighted by molar-refractivity contribution is 6.30. The Bertz CT molecular complexity index is 1680. The Hall–Kier alpha value is -3.50. The zero-order chi connectivity index (χ0) is 38.1. The van der Waals surface area contributed by atoms with Crippen molar-refractivity contribution >= 4 is 22.6 Å². The van der Waals surface area contributed by atoms with Crippen molar-refractivity contribution < 1.29 is 18.9 Å². The minimum Gasteiger partial charge on any atom is -0.493 e. The number of hydrogen-bond donors (Lipinski definition) is 0. The number of imidazole rings is 1. The number of rotatable bonds is 25. The predicted octanol–water partition coefficient (Wildman–Crippen LogP) is 9.08. The van der Waals surface area contributed by atoms with Crippen molar-refractivity contribution in [3.05, 3.63) is 65.2 Å². The number of nitrogens with zero attached hydrogens (tertiary/aromatic N) is 5. The van der Waals surface area contributed by atoms with Gasteiger partial charge in [0.15, 0.2) is 5.75 Å². The number of benzene rings is 3. The molecule has 54 heavy (non-hydrogen) atoms. The SMILES string of the molecule is CCCCn1c(-c2ccc(OCCc3ccc(Cl)cc3)cc2OCCN(CC)CC)nc2c(OCCN3CCCC3)cc(OCCCN(CC)CC)cc21. The summed E-state index contributed by atoms with van der Waals surface area (Å²) in [5, 5.41) is 0.738. The topological polar surface area (TPSA) is 64.5 Å². The van der Waals surface area contributed by atoms with Crippen LogP contribution in [0.2, 0.25) is 5.02 Å². The number of hydrogen-bond acceptors (Lipinski definition) is 8. The van der Waals surface area contributed by atoms with Crippen molar-refractivity contribution in [2.24, 2.45) is 0 Å². The summed E-state index contributed by atoms with van der Waals surface area (Å²) in [6.45, 7) is 23.3. The second-order valence-electron chi connectivity index (χ2n) is 14.1. The van der Waals surface area contributed by atoms with E-state index in [1.165, 1.54) is 18.4 Å². The smallest absolute Gasteiger partial charge is 0.150 e. The van der Waals surface area contributed by atoms with E-state index in [-0.39, 0.29) is 0 Å². The summed E-state index contributed by atoms with van der Waals surface area (Å²) in [5.74, 6) is 4.00. The van der Waals surface area contributed by atoms with Gasteiger partial charge in [0.05, 0.1) is 24.3 Å². The number of unbranched alkanes of at least 4 members (excludes halogenated alkanes) is 1. The van der Waals surface area contributed by atoms with Crippen molar-refractivity contribution in [2.75, 3.05) is 85.3 Å². The van der Waals surface area contributed by atoms with E-state index in [0.717, 1.165) is 142 Å². The molecule has 1 aliphatic rings. The molecule has 10 heteroatoms. The van der Waals surface area contributed by atoms with Crippen molar-refractivity contribution in [2.45, 2.75) is 79.7 Å². The van der Waals surface area contributed by atoms with E-state index in [2.05, 4.69) is 66.0 Å². The van der Waals surface area contributed by atoms with E-state index in [9.17, 15) is 0 Å². The molecule has 5 rings (SSSR count). The van der Waals surface area contributed by atoms with E-state index < -0.39 is 0 Å². The molecule has 1 saturated heterocycles. The van der Waals surface area contributed by atoms with Gasteiger partial charge < -0.3 is 33.3 Å². The molecule has 0 aliphatic carbocycles. The Labute approximate surface area is 329 Å². The Morgan fingerprint density at radius 3 is 2.07 bits per heavy atom.